The molecule has 2 aliphatic heterocycles. The quantitative estimate of drug-likeness (QED) is 0.727. The molecule has 0 radical (unpaired) electrons. The smallest absolute Gasteiger partial charge is 0.262 e. The van der Waals surface area contributed by atoms with E-state index in [1.807, 2.05) is 0 Å². The minimum Gasteiger partial charge on any atom is -0.353 e. The van der Waals surface area contributed by atoms with Gasteiger partial charge in [0.1, 0.15) is 11.9 Å². The molecule has 166 valence electrons. The number of carbonyl (C=O) groups is 4. The molecule has 0 bridgehead atoms. The fourth-order valence-corrected chi connectivity index (χ4v) is 4.24. The van der Waals surface area contributed by atoms with E-state index in [2.05, 4.69) is 5.32 Å². The van der Waals surface area contributed by atoms with Gasteiger partial charge in [-0.1, -0.05) is 24.3 Å². The van der Waals surface area contributed by atoms with Crippen LogP contribution >= 0.6 is 0 Å². The van der Waals surface area contributed by atoms with E-state index < -0.39 is 17.9 Å². The molecule has 0 spiro atoms. The van der Waals surface area contributed by atoms with E-state index in [9.17, 15) is 23.6 Å². The summed E-state index contributed by atoms with van der Waals surface area (Å²) in [5.41, 5.74) is 1.37. The lowest BCUT2D eigenvalue weighted by molar-refractivity contribution is -0.136. The maximum atomic E-state index is 13.0. The third-order valence-corrected chi connectivity index (χ3v) is 6.02. The molecule has 32 heavy (non-hydrogen) atoms. The average Bonchev–Trinajstić information content (AvgIpc) is 3.05. The van der Waals surface area contributed by atoms with E-state index in [4.69, 9.17) is 0 Å². The van der Waals surface area contributed by atoms with E-state index in [1.165, 1.54) is 12.1 Å². The Morgan fingerprint density at radius 2 is 1.56 bits per heavy atom. The van der Waals surface area contributed by atoms with Crippen LogP contribution in [-0.4, -0.2) is 58.6 Å². The highest BCUT2D eigenvalue weighted by atomic mass is 19.1. The second kappa shape index (κ2) is 8.90. The first-order chi connectivity index (χ1) is 15.3. The van der Waals surface area contributed by atoms with Crippen molar-refractivity contribution in [3.05, 3.63) is 71.0 Å². The van der Waals surface area contributed by atoms with Crippen LogP contribution in [0.25, 0.3) is 0 Å². The lowest BCUT2D eigenvalue weighted by atomic mass is 10.0. The summed E-state index contributed by atoms with van der Waals surface area (Å²) in [4.78, 5) is 53.2. The van der Waals surface area contributed by atoms with E-state index >= 15 is 0 Å². The number of imide groups is 1. The van der Waals surface area contributed by atoms with Gasteiger partial charge in [0.2, 0.25) is 11.8 Å². The Hall–Kier alpha value is -3.55. The Morgan fingerprint density at radius 1 is 1.00 bits per heavy atom. The minimum absolute atomic E-state index is 0.0680. The molecule has 4 rings (SSSR count). The number of fused-ring (bicyclic) bond motifs is 1. The molecule has 0 aliphatic carbocycles. The molecular weight excluding hydrogens is 413 g/mol. The zero-order chi connectivity index (χ0) is 22.8. The molecule has 1 saturated heterocycles. The summed E-state index contributed by atoms with van der Waals surface area (Å²) < 4.78 is 13.0. The zero-order valence-electron chi connectivity index (χ0n) is 17.7. The van der Waals surface area contributed by atoms with Crippen LogP contribution < -0.4 is 5.32 Å². The predicted molar refractivity (Wildman–Crippen MR) is 114 cm³/mol. The SMILES string of the molecule is CC(C(=O)N1CCC(NC(=O)Cc2ccc(F)cc2)CC1)N1C(=O)c2ccccc2C1=O. The molecule has 2 heterocycles. The second-order valence-electron chi connectivity index (χ2n) is 8.17. The zero-order valence-corrected chi connectivity index (χ0v) is 17.7. The van der Waals surface area contributed by atoms with Gasteiger partial charge in [0.15, 0.2) is 0 Å². The first-order valence-electron chi connectivity index (χ1n) is 10.6. The number of carbonyl (C=O) groups excluding carboxylic acids is 4. The molecule has 2 aromatic rings. The highest BCUT2D eigenvalue weighted by Crippen LogP contribution is 2.25. The summed E-state index contributed by atoms with van der Waals surface area (Å²) in [5.74, 6) is -1.68. The van der Waals surface area contributed by atoms with Crippen LogP contribution in [-0.2, 0) is 16.0 Å². The molecular formula is C24H24FN3O4. The summed E-state index contributed by atoms with van der Waals surface area (Å²) >= 11 is 0. The van der Waals surface area contributed by atoms with Crippen molar-refractivity contribution in [2.45, 2.75) is 38.3 Å². The number of piperidine rings is 1. The molecule has 2 aromatic carbocycles. The van der Waals surface area contributed by atoms with Crippen molar-refractivity contribution in [2.75, 3.05) is 13.1 Å². The van der Waals surface area contributed by atoms with Gasteiger partial charge in [-0.05, 0) is 49.6 Å². The largest absolute Gasteiger partial charge is 0.353 e. The van der Waals surface area contributed by atoms with Gasteiger partial charge in [0.05, 0.1) is 17.5 Å². The van der Waals surface area contributed by atoms with E-state index in [0.717, 1.165) is 10.5 Å². The predicted octanol–water partition coefficient (Wildman–Crippen LogP) is 2.16. The van der Waals surface area contributed by atoms with Crippen LogP contribution in [0.5, 0.6) is 0 Å². The number of halogens is 1. The number of rotatable bonds is 5. The summed E-state index contributed by atoms with van der Waals surface area (Å²) in [6.07, 6.45) is 1.32. The molecule has 4 amide bonds. The highest BCUT2D eigenvalue weighted by Gasteiger charge is 2.42. The molecule has 2 aliphatic rings. The number of nitrogens with zero attached hydrogens (tertiary/aromatic N) is 2. The molecule has 0 saturated carbocycles. The number of nitrogens with one attached hydrogen (secondary N) is 1. The molecule has 1 unspecified atom stereocenters. The van der Waals surface area contributed by atoms with Gasteiger partial charge in [-0.25, -0.2) is 4.39 Å². The highest BCUT2D eigenvalue weighted by molar-refractivity contribution is 6.22. The normalized spacial score (nSPS) is 17.3. The van der Waals surface area contributed by atoms with Crippen LogP contribution in [0.4, 0.5) is 4.39 Å². The van der Waals surface area contributed by atoms with Gasteiger partial charge in [-0.15, -0.1) is 0 Å². The Balaban J connectivity index is 1.30. The van der Waals surface area contributed by atoms with Crippen LogP contribution in [0.15, 0.2) is 48.5 Å². The lowest BCUT2D eigenvalue weighted by Gasteiger charge is -2.35. The number of hydrogen-bond acceptors (Lipinski definition) is 4. The topological polar surface area (TPSA) is 86.8 Å². The minimum atomic E-state index is -0.896. The van der Waals surface area contributed by atoms with Gasteiger partial charge in [-0.3, -0.25) is 24.1 Å². The number of amides is 4. The van der Waals surface area contributed by atoms with Crippen molar-refractivity contribution < 1.29 is 23.6 Å². The van der Waals surface area contributed by atoms with Crippen LogP contribution in [0, 0.1) is 5.82 Å². The molecule has 8 heteroatoms. The van der Waals surface area contributed by atoms with Crippen molar-refractivity contribution in [3.8, 4) is 0 Å². The van der Waals surface area contributed by atoms with Crippen molar-refractivity contribution in [1.82, 2.24) is 15.1 Å². The summed E-state index contributed by atoms with van der Waals surface area (Å²) in [7, 11) is 0. The Kier molecular flexibility index (Phi) is 6.03. The molecule has 7 nitrogen and oxygen atoms in total. The molecule has 1 fully saturated rings. The fraction of sp³-hybridized carbons (Fsp3) is 0.333. The third kappa shape index (κ3) is 4.26. The van der Waals surface area contributed by atoms with Gasteiger partial charge >= 0.3 is 0 Å². The van der Waals surface area contributed by atoms with Crippen LogP contribution in [0.2, 0.25) is 0 Å². The maximum absolute atomic E-state index is 13.0. The number of benzene rings is 2. The number of likely N-dealkylation sites (tertiary alicyclic amines) is 1. The van der Waals surface area contributed by atoms with Gasteiger partial charge in [-0.2, -0.15) is 0 Å². The monoisotopic (exact) mass is 437 g/mol. The van der Waals surface area contributed by atoms with Crippen molar-refractivity contribution in [1.29, 1.82) is 0 Å². The fourth-order valence-electron chi connectivity index (χ4n) is 4.24. The molecule has 0 aromatic heterocycles. The third-order valence-electron chi connectivity index (χ3n) is 6.02. The second-order valence-corrected chi connectivity index (χ2v) is 8.17. The lowest BCUT2D eigenvalue weighted by Crippen LogP contribution is -2.53. The van der Waals surface area contributed by atoms with Crippen molar-refractivity contribution in [3.63, 3.8) is 0 Å². The number of hydrogen-bond donors (Lipinski definition) is 1. The summed E-state index contributed by atoms with van der Waals surface area (Å²) in [5, 5.41) is 2.96. The van der Waals surface area contributed by atoms with Crippen LogP contribution in [0.3, 0.4) is 0 Å². The summed E-state index contributed by atoms with van der Waals surface area (Å²) in [6.45, 7) is 2.42. The first-order valence-corrected chi connectivity index (χ1v) is 10.6. The Morgan fingerprint density at radius 3 is 2.12 bits per heavy atom. The Labute approximate surface area is 185 Å². The van der Waals surface area contributed by atoms with Gasteiger partial charge < -0.3 is 10.2 Å². The van der Waals surface area contributed by atoms with Crippen molar-refractivity contribution >= 4 is 23.6 Å². The van der Waals surface area contributed by atoms with E-state index in [-0.39, 0.29) is 30.1 Å². The van der Waals surface area contributed by atoms with E-state index in [1.54, 1.807) is 48.2 Å². The van der Waals surface area contributed by atoms with Crippen LogP contribution in [0.1, 0.15) is 46.0 Å². The van der Waals surface area contributed by atoms with Gasteiger partial charge in [0.25, 0.3) is 11.8 Å². The Bertz CT molecular complexity index is 1030. The average molecular weight is 437 g/mol. The van der Waals surface area contributed by atoms with Crippen molar-refractivity contribution in [2.24, 2.45) is 0 Å². The van der Waals surface area contributed by atoms with Gasteiger partial charge in [0, 0.05) is 19.1 Å². The molecule has 1 atom stereocenters. The first kappa shape index (κ1) is 21.7. The molecule has 1 N–H and O–H groups in total. The standard InChI is InChI=1S/C24H24FN3O4/c1-15(28-23(31)19-4-2-3-5-20(19)24(28)32)22(30)27-12-10-18(11-13-27)26-21(29)14-16-6-8-17(25)9-7-16/h2-9,15,18H,10-14H2,1H3,(H,26,29). The summed E-state index contributed by atoms with van der Waals surface area (Å²) in [6, 6.07) is 11.4. The maximum Gasteiger partial charge on any atom is 0.262 e. The van der Waals surface area contributed by atoms with E-state index in [0.29, 0.717) is 37.1 Å².